The van der Waals surface area contributed by atoms with E-state index in [0.29, 0.717) is 19.0 Å². The zero-order chi connectivity index (χ0) is 21.1. The summed E-state index contributed by atoms with van der Waals surface area (Å²) in [5, 5.41) is 0. The maximum atomic E-state index is 13.8. The molecule has 10 heteroatoms. The van der Waals surface area contributed by atoms with Gasteiger partial charge < -0.3 is 14.5 Å². The van der Waals surface area contributed by atoms with E-state index in [0.717, 1.165) is 11.3 Å². The zero-order valence-corrected chi connectivity index (χ0v) is 16.7. The van der Waals surface area contributed by atoms with Crippen LogP contribution in [0.5, 0.6) is 0 Å². The van der Waals surface area contributed by atoms with Crippen molar-refractivity contribution < 1.29 is 22.7 Å². The SMILES string of the molecule is CC(C)(C)C(=O)CN1c2nc(N3C[C@@H]4C[C@@H]3CO4)cc(=O)n2CC[C@H]1C(F)(F)F. The summed E-state index contributed by atoms with van der Waals surface area (Å²) >= 11 is 0. The van der Waals surface area contributed by atoms with Gasteiger partial charge in [0.05, 0.1) is 25.3 Å². The Hall–Kier alpha value is -2.10. The van der Waals surface area contributed by atoms with Gasteiger partial charge in [0.25, 0.3) is 5.56 Å². The van der Waals surface area contributed by atoms with Gasteiger partial charge in [-0.1, -0.05) is 20.8 Å². The zero-order valence-electron chi connectivity index (χ0n) is 16.7. The van der Waals surface area contributed by atoms with E-state index in [1.54, 1.807) is 20.8 Å². The number of hydrogen-bond donors (Lipinski definition) is 0. The Labute approximate surface area is 166 Å². The number of morpholine rings is 1. The Morgan fingerprint density at radius 2 is 2.03 bits per heavy atom. The van der Waals surface area contributed by atoms with E-state index in [1.165, 1.54) is 10.6 Å². The van der Waals surface area contributed by atoms with Gasteiger partial charge in [0.1, 0.15) is 11.9 Å². The quantitative estimate of drug-likeness (QED) is 0.754. The van der Waals surface area contributed by atoms with Crippen LogP contribution in [0.25, 0.3) is 0 Å². The molecule has 2 saturated heterocycles. The molecule has 0 N–H and O–H groups in total. The lowest BCUT2D eigenvalue weighted by Crippen LogP contribution is -2.55. The lowest BCUT2D eigenvalue weighted by Gasteiger charge is -2.40. The molecule has 0 aliphatic carbocycles. The van der Waals surface area contributed by atoms with Crippen molar-refractivity contribution in [3.63, 3.8) is 0 Å². The van der Waals surface area contributed by atoms with Crippen LogP contribution in [-0.4, -0.2) is 59.4 Å². The van der Waals surface area contributed by atoms with Gasteiger partial charge >= 0.3 is 6.18 Å². The number of Topliss-reactive ketones (excluding diaryl/α,β-unsaturated/α-hetero) is 1. The first-order valence-electron chi connectivity index (χ1n) is 9.82. The van der Waals surface area contributed by atoms with Gasteiger partial charge in [-0.2, -0.15) is 18.2 Å². The van der Waals surface area contributed by atoms with E-state index < -0.39 is 29.7 Å². The van der Waals surface area contributed by atoms with E-state index in [9.17, 15) is 22.8 Å². The van der Waals surface area contributed by atoms with E-state index in [1.807, 2.05) is 4.90 Å². The molecule has 4 heterocycles. The number of carbonyl (C=O) groups is 1. The number of alkyl halides is 3. The summed E-state index contributed by atoms with van der Waals surface area (Å²) in [5.41, 5.74) is -1.20. The topological polar surface area (TPSA) is 67.7 Å². The highest BCUT2D eigenvalue weighted by Gasteiger charge is 2.48. The minimum absolute atomic E-state index is 0.0575. The molecule has 0 spiro atoms. The van der Waals surface area contributed by atoms with Gasteiger partial charge in [-0.15, -0.1) is 0 Å². The summed E-state index contributed by atoms with van der Waals surface area (Å²) in [4.78, 5) is 32.7. The Kier molecular flexibility index (Phi) is 4.67. The fourth-order valence-corrected chi connectivity index (χ4v) is 4.20. The summed E-state index contributed by atoms with van der Waals surface area (Å²) in [6, 6.07) is -0.405. The van der Waals surface area contributed by atoms with Crippen LogP contribution >= 0.6 is 0 Å². The van der Waals surface area contributed by atoms with Crippen LogP contribution in [-0.2, 0) is 16.1 Å². The Morgan fingerprint density at radius 1 is 1.31 bits per heavy atom. The summed E-state index contributed by atoms with van der Waals surface area (Å²) in [6.07, 6.45) is -3.95. The minimum atomic E-state index is -4.53. The van der Waals surface area contributed by atoms with Gasteiger partial charge in [-0.3, -0.25) is 14.2 Å². The van der Waals surface area contributed by atoms with Gasteiger partial charge in [-0.25, -0.2) is 0 Å². The number of nitrogens with zero attached hydrogens (tertiary/aromatic N) is 4. The van der Waals surface area contributed by atoms with Crippen LogP contribution in [0, 0.1) is 5.41 Å². The monoisotopic (exact) mass is 414 g/mol. The minimum Gasteiger partial charge on any atom is -0.374 e. The second-order valence-electron chi connectivity index (χ2n) is 9.05. The molecular formula is C19H25F3N4O3. The fourth-order valence-electron chi connectivity index (χ4n) is 4.20. The second-order valence-corrected chi connectivity index (χ2v) is 9.05. The Balaban J connectivity index is 1.76. The van der Waals surface area contributed by atoms with Gasteiger partial charge in [0, 0.05) is 24.6 Å². The largest absolute Gasteiger partial charge is 0.408 e. The predicted molar refractivity (Wildman–Crippen MR) is 100 cm³/mol. The molecule has 7 nitrogen and oxygen atoms in total. The first-order valence-corrected chi connectivity index (χ1v) is 9.82. The van der Waals surface area contributed by atoms with Crippen molar-refractivity contribution in [1.29, 1.82) is 0 Å². The molecule has 0 unspecified atom stereocenters. The smallest absolute Gasteiger partial charge is 0.374 e. The number of fused-ring (bicyclic) bond motifs is 3. The molecule has 3 aliphatic heterocycles. The molecule has 160 valence electrons. The number of anilines is 2. The van der Waals surface area contributed by atoms with Gasteiger partial charge in [0.15, 0.2) is 5.78 Å². The van der Waals surface area contributed by atoms with Crippen molar-refractivity contribution in [3.8, 4) is 0 Å². The molecule has 3 atom stereocenters. The average molecular weight is 414 g/mol. The molecule has 0 aromatic carbocycles. The Morgan fingerprint density at radius 3 is 2.59 bits per heavy atom. The standard InChI is InChI=1S/C19H25F3N4O3/c1-18(2,3)14(27)9-26-13(19(20,21)22)4-5-24-16(28)7-15(23-17(24)26)25-8-12-6-11(25)10-29-12/h7,11-13H,4-6,8-10H2,1-3H3/t11-,12+,13+/m1/s1. The fraction of sp³-hybridized carbons (Fsp3) is 0.737. The van der Waals surface area contributed by atoms with Crippen molar-refractivity contribution >= 4 is 17.5 Å². The van der Waals surface area contributed by atoms with Crippen molar-refractivity contribution in [1.82, 2.24) is 9.55 Å². The second kappa shape index (κ2) is 6.72. The molecule has 1 aromatic rings. The lowest BCUT2D eigenvalue weighted by atomic mass is 9.90. The molecule has 4 rings (SSSR count). The summed E-state index contributed by atoms with van der Waals surface area (Å²) in [5.74, 6) is -0.0658. The molecule has 0 radical (unpaired) electrons. The molecule has 29 heavy (non-hydrogen) atoms. The predicted octanol–water partition coefficient (Wildman–Crippen LogP) is 1.98. The van der Waals surface area contributed by atoms with Gasteiger partial charge in [0.2, 0.25) is 5.95 Å². The lowest BCUT2D eigenvalue weighted by molar-refractivity contribution is -0.153. The van der Waals surface area contributed by atoms with E-state index in [-0.39, 0.29) is 36.8 Å². The maximum absolute atomic E-state index is 13.8. The van der Waals surface area contributed by atoms with Crippen LogP contribution in [0.3, 0.4) is 0 Å². The summed E-state index contributed by atoms with van der Waals surface area (Å²) < 4.78 is 48.1. The number of ketones is 1. The first kappa shape index (κ1) is 20.2. The highest BCUT2D eigenvalue weighted by molar-refractivity contribution is 5.88. The third-order valence-electron chi connectivity index (χ3n) is 5.96. The van der Waals surface area contributed by atoms with Crippen molar-refractivity contribution in [3.05, 3.63) is 16.4 Å². The highest BCUT2D eigenvalue weighted by atomic mass is 19.4. The third kappa shape index (κ3) is 3.62. The molecular weight excluding hydrogens is 389 g/mol. The van der Waals surface area contributed by atoms with Crippen molar-refractivity contribution in [2.24, 2.45) is 5.41 Å². The number of carbonyl (C=O) groups excluding carboxylic acids is 1. The maximum Gasteiger partial charge on any atom is 0.408 e. The van der Waals surface area contributed by atoms with E-state index >= 15 is 0 Å². The number of rotatable bonds is 3. The summed E-state index contributed by atoms with van der Waals surface area (Å²) in [7, 11) is 0. The average Bonchev–Trinajstić information content (AvgIpc) is 3.23. The third-order valence-corrected chi connectivity index (χ3v) is 5.96. The first-order chi connectivity index (χ1) is 13.4. The summed E-state index contributed by atoms with van der Waals surface area (Å²) in [6.45, 7) is 5.55. The van der Waals surface area contributed by atoms with Crippen molar-refractivity contribution in [2.45, 2.75) is 64.5 Å². The van der Waals surface area contributed by atoms with E-state index in [2.05, 4.69) is 4.98 Å². The number of halogens is 3. The highest BCUT2D eigenvalue weighted by Crippen LogP contribution is 2.36. The molecule has 2 fully saturated rings. The number of ether oxygens (including phenoxy) is 1. The number of hydrogen-bond acceptors (Lipinski definition) is 6. The molecule has 2 bridgehead atoms. The van der Waals surface area contributed by atoms with Crippen LogP contribution in [0.1, 0.15) is 33.6 Å². The number of aromatic nitrogens is 2. The van der Waals surface area contributed by atoms with Crippen LogP contribution in [0.4, 0.5) is 24.9 Å². The molecule has 0 amide bonds. The van der Waals surface area contributed by atoms with E-state index in [4.69, 9.17) is 4.74 Å². The molecule has 1 aromatic heterocycles. The van der Waals surface area contributed by atoms with Crippen molar-refractivity contribution in [2.75, 3.05) is 29.5 Å². The molecule has 0 saturated carbocycles. The van der Waals surface area contributed by atoms with Crippen LogP contribution in [0.2, 0.25) is 0 Å². The van der Waals surface area contributed by atoms with Crippen LogP contribution < -0.4 is 15.4 Å². The Bertz CT molecular complexity index is 877. The molecule has 3 aliphatic rings. The normalized spacial score (nSPS) is 26.8. The van der Waals surface area contributed by atoms with Gasteiger partial charge in [-0.05, 0) is 12.8 Å². The van der Waals surface area contributed by atoms with Crippen LogP contribution in [0.15, 0.2) is 10.9 Å².